The summed E-state index contributed by atoms with van der Waals surface area (Å²) in [6.45, 7) is 0.716. The van der Waals surface area contributed by atoms with Crippen LogP contribution in [0.25, 0.3) is 0 Å². The molecule has 0 aromatic heterocycles. The molecule has 1 N–H and O–H groups in total. The van der Waals surface area contributed by atoms with Crippen molar-refractivity contribution in [3.63, 3.8) is 0 Å². The van der Waals surface area contributed by atoms with Crippen LogP contribution >= 0.6 is 11.6 Å². The lowest BCUT2D eigenvalue weighted by Crippen LogP contribution is -2.50. The van der Waals surface area contributed by atoms with Gasteiger partial charge in [0.1, 0.15) is 11.8 Å². The summed E-state index contributed by atoms with van der Waals surface area (Å²) in [5.41, 5.74) is 3.53. The van der Waals surface area contributed by atoms with Gasteiger partial charge >= 0.3 is 0 Å². The van der Waals surface area contributed by atoms with E-state index in [0.717, 1.165) is 28.0 Å². The first kappa shape index (κ1) is 28.1. The van der Waals surface area contributed by atoms with Gasteiger partial charge < -0.3 is 24.4 Å². The monoisotopic (exact) mass is 570 g/mol. The number of hydrogen-bond acceptors (Lipinski definition) is 5. The van der Waals surface area contributed by atoms with Gasteiger partial charge in [-0.3, -0.25) is 9.59 Å². The van der Waals surface area contributed by atoms with E-state index >= 15 is 0 Å². The number of ether oxygens (including phenoxy) is 3. The highest BCUT2D eigenvalue weighted by atomic mass is 35.5. The molecule has 1 aliphatic heterocycles. The number of hydrogen-bond donors (Lipinski definition) is 1. The van der Waals surface area contributed by atoms with Crippen LogP contribution in [0.3, 0.4) is 0 Å². The fourth-order valence-corrected chi connectivity index (χ4v) is 4.84. The summed E-state index contributed by atoms with van der Waals surface area (Å²) >= 11 is 6.07. The highest BCUT2D eigenvalue weighted by Gasteiger charge is 2.30. The Kier molecular flexibility index (Phi) is 9.06. The average Bonchev–Trinajstić information content (AvgIpc) is 3.48. The molecule has 0 spiro atoms. The number of rotatable bonds is 11. The summed E-state index contributed by atoms with van der Waals surface area (Å²) in [7, 11) is 1.61. The fourth-order valence-electron chi connectivity index (χ4n) is 4.72. The number of methoxy groups -OCH3 is 1. The van der Waals surface area contributed by atoms with Gasteiger partial charge in [-0.1, -0.05) is 72.3 Å². The molecule has 1 aliphatic rings. The van der Waals surface area contributed by atoms with Gasteiger partial charge in [0.05, 0.1) is 13.5 Å². The molecule has 41 heavy (non-hydrogen) atoms. The zero-order valence-corrected chi connectivity index (χ0v) is 23.5. The maximum atomic E-state index is 13.9. The Morgan fingerprint density at radius 3 is 2.27 bits per heavy atom. The van der Waals surface area contributed by atoms with Crippen molar-refractivity contribution in [3.05, 3.63) is 124 Å². The third kappa shape index (κ3) is 7.38. The standard InChI is InChI=1S/C33H31ClN2O5/c1-39-28-14-9-25(10-15-28)21-36(32(37)19-24-7-12-27(34)13-8-24)29(17-23-5-3-2-4-6-23)33(38)35-20-26-11-16-30-31(18-26)41-22-40-30/h2-16,18,29H,17,19-22H2,1H3,(H,35,38). The first-order chi connectivity index (χ1) is 20.0. The fraction of sp³-hybridized carbons (Fsp3) is 0.212. The molecule has 0 saturated heterocycles. The minimum Gasteiger partial charge on any atom is -0.497 e. The van der Waals surface area contributed by atoms with Crippen molar-refractivity contribution < 1.29 is 23.8 Å². The Morgan fingerprint density at radius 2 is 1.54 bits per heavy atom. The van der Waals surface area contributed by atoms with Crippen molar-refractivity contribution in [3.8, 4) is 17.2 Å². The van der Waals surface area contributed by atoms with Crippen LogP contribution in [0, 0.1) is 0 Å². The van der Waals surface area contributed by atoms with E-state index in [1.807, 2.05) is 84.9 Å². The summed E-state index contributed by atoms with van der Waals surface area (Å²) in [5.74, 6) is 1.64. The van der Waals surface area contributed by atoms with Crippen molar-refractivity contribution in [1.29, 1.82) is 0 Å². The number of benzene rings is 4. The van der Waals surface area contributed by atoms with E-state index in [-0.39, 0.29) is 38.1 Å². The maximum absolute atomic E-state index is 13.9. The van der Waals surface area contributed by atoms with Crippen LogP contribution < -0.4 is 19.5 Å². The number of carbonyl (C=O) groups excluding carboxylic acids is 2. The number of fused-ring (bicyclic) bond motifs is 1. The molecule has 210 valence electrons. The second-order valence-electron chi connectivity index (χ2n) is 9.78. The average molecular weight is 571 g/mol. The molecule has 1 heterocycles. The predicted octanol–water partition coefficient (Wildman–Crippen LogP) is 5.58. The van der Waals surface area contributed by atoms with E-state index < -0.39 is 6.04 Å². The van der Waals surface area contributed by atoms with Gasteiger partial charge in [-0.2, -0.15) is 0 Å². The Bertz CT molecular complexity index is 1480. The smallest absolute Gasteiger partial charge is 0.243 e. The highest BCUT2D eigenvalue weighted by molar-refractivity contribution is 6.30. The zero-order chi connectivity index (χ0) is 28.6. The molecule has 0 aliphatic carbocycles. The number of nitrogens with zero attached hydrogens (tertiary/aromatic N) is 1. The third-order valence-corrected chi connectivity index (χ3v) is 7.21. The van der Waals surface area contributed by atoms with Gasteiger partial charge in [-0.05, 0) is 58.7 Å². The summed E-state index contributed by atoms with van der Waals surface area (Å²) < 4.78 is 16.2. The molecule has 0 bridgehead atoms. The predicted molar refractivity (Wildman–Crippen MR) is 157 cm³/mol. The van der Waals surface area contributed by atoms with E-state index in [0.29, 0.717) is 22.9 Å². The lowest BCUT2D eigenvalue weighted by Gasteiger charge is -2.32. The summed E-state index contributed by atoms with van der Waals surface area (Å²) in [6.07, 6.45) is 0.490. The van der Waals surface area contributed by atoms with E-state index in [2.05, 4.69) is 5.32 Å². The van der Waals surface area contributed by atoms with Gasteiger partial charge in [0.25, 0.3) is 0 Å². The number of amides is 2. The number of halogens is 1. The van der Waals surface area contributed by atoms with E-state index in [9.17, 15) is 9.59 Å². The van der Waals surface area contributed by atoms with Gasteiger partial charge in [0.15, 0.2) is 11.5 Å². The van der Waals surface area contributed by atoms with Crippen molar-refractivity contribution in [1.82, 2.24) is 10.2 Å². The van der Waals surface area contributed by atoms with Crippen LogP contribution in [0.15, 0.2) is 97.1 Å². The van der Waals surface area contributed by atoms with Gasteiger partial charge in [0.2, 0.25) is 18.6 Å². The molecule has 1 atom stereocenters. The van der Waals surface area contributed by atoms with Gasteiger partial charge in [-0.15, -0.1) is 0 Å². The van der Waals surface area contributed by atoms with E-state index in [1.54, 1.807) is 24.1 Å². The lowest BCUT2D eigenvalue weighted by atomic mass is 10.0. The molecule has 1 unspecified atom stereocenters. The normalized spacial score (nSPS) is 12.4. The van der Waals surface area contributed by atoms with E-state index in [1.165, 1.54) is 0 Å². The van der Waals surface area contributed by atoms with Crippen molar-refractivity contribution >= 4 is 23.4 Å². The van der Waals surface area contributed by atoms with Gasteiger partial charge in [-0.25, -0.2) is 0 Å². The second kappa shape index (κ2) is 13.2. The molecule has 0 saturated carbocycles. The number of nitrogens with one attached hydrogen (secondary N) is 1. The Morgan fingerprint density at radius 1 is 0.854 bits per heavy atom. The lowest BCUT2D eigenvalue weighted by molar-refractivity contribution is -0.140. The summed E-state index contributed by atoms with van der Waals surface area (Å²) in [4.78, 5) is 29.5. The quantitative estimate of drug-likeness (QED) is 0.255. The number of carbonyl (C=O) groups is 2. The molecule has 5 rings (SSSR count). The zero-order valence-electron chi connectivity index (χ0n) is 22.7. The van der Waals surface area contributed by atoms with Crippen molar-refractivity contribution in [2.75, 3.05) is 13.9 Å². The van der Waals surface area contributed by atoms with Crippen LogP contribution in [0.4, 0.5) is 0 Å². The highest BCUT2D eigenvalue weighted by Crippen LogP contribution is 2.32. The maximum Gasteiger partial charge on any atom is 0.243 e. The summed E-state index contributed by atoms with van der Waals surface area (Å²) in [5, 5.41) is 3.65. The first-order valence-electron chi connectivity index (χ1n) is 13.4. The van der Waals surface area contributed by atoms with Crippen LogP contribution in [-0.2, 0) is 35.5 Å². The molecular formula is C33H31ClN2O5. The topological polar surface area (TPSA) is 77.1 Å². The molecule has 0 fully saturated rings. The van der Waals surface area contributed by atoms with Gasteiger partial charge in [0, 0.05) is 24.5 Å². The summed E-state index contributed by atoms with van der Waals surface area (Å²) in [6, 6.07) is 29.2. The largest absolute Gasteiger partial charge is 0.497 e. The van der Waals surface area contributed by atoms with Crippen LogP contribution in [0.2, 0.25) is 5.02 Å². The molecule has 0 radical (unpaired) electrons. The molecule has 4 aromatic rings. The van der Waals surface area contributed by atoms with Crippen molar-refractivity contribution in [2.24, 2.45) is 0 Å². The molecule has 4 aromatic carbocycles. The molecule has 8 heteroatoms. The Labute approximate surface area is 244 Å². The molecule has 7 nitrogen and oxygen atoms in total. The SMILES string of the molecule is COc1ccc(CN(C(=O)Cc2ccc(Cl)cc2)C(Cc2ccccc2)C(=O)NCc2ccc3c(c2)OCO3)cc1. The molecular weight excluding hydrogens is 540 g/mol. The van der Waals surface area contributed by atoms with Crippen LogP contribution in [0.1, 0.15) is 22.3 Å². The first-order valence-corrected chi connectivity index (χ1v) is 13.7. The van der Waals surface area contributed by atoms with Crippen LogP contribution in [-0.4, -0.2) is 36.7 Å². The Balaban J connectivity index is 1.42. The minimum atomic E-state index is -0.756. The second-order valence-corrected chi connectivity index (χ2v) is 10.2. The molecule has 2 amide bonds. The van der Waals surface area contributed by atoms with Crippen molar-refractivity contribution in [2.45, 2.75) is 32.0 Å². The Hall–Kier alpha value is -4.49. The third-order valence-electron chi connectivity index (χ3n) is 6.96. The van der Waals surface area contributed by atoms with E-state index in [4.69, 9.17) is 25.8 Å². The minimum absolute atomic E-state index is 0.133. The van der Waals surface area contributed by atoms with Crippen LogP contribution in [0.5, 0.6) is 17.2 Å².